The van der Waals surface area contributed by atoms with Crippen LogP contribution in [0.4, 0.5) is 5.69 Å². The zero-order chi connectivity index (χ0) is 10.5. The van der Waals surface area contributed by atoms with E-state index in [0.29, 0.717) is 12.1 Å². The molecular weight excluding hydrogens is 194 g/mol. The van der Waals surface area contributed by atoms with Gasteiger partial charge in [-0.3, -0.25) is 9.63 Å². The lowest BCUT2D eigenvalue weighted by atomic mass is 10.2. The van der Waals surface area contributed by atoms with Gasteiger partial charge >= 0.3 is 0 Å². The third kappa shape index (κ3) is 1.37. The highest BCUT2D eigenvalue weighted by atomic mass is 16.7. The van der Waals surface area contributed by atoms with Crippen LogP contribution in [0.25, 0.3) is 0 Å². The average molecular weight is 205 g/mol. The van der Waals surface area contributed by atoms with E-state index in [1.165, 1.54) is 5.06 Å². The van der Waals surface area contributed by atoms with Crippen LogP contribution in [0, 0.1) is 0 Å². The van der Waals surface area contributed by atoms with Gasteiger partial charge in [0.2, 0.25) is 0 Å². The number of nitrogens with zero attached hydrogens (tertiary/aromatic N) is 1. The highest BCUT2D eigenvalue weighted by Crippen LogP contribution is 2.48. The quantitative estimate of drug-likeness (QED) is 0.757. The molecule has 2 fully saturated rings. The Bertz CT molecular complexity index is 408. The van der Waals surface area contributed by atoms with Gasteiger partial charge in [0, 0.05) is 0 Å². The van der Waals surface area contributed by atoms with Crippen molar-refractivity contribution < 1.29 is 14.7 Å². The molecule has 1 aliphatic carbocycles. The lowest BCUT2D eigenvalue weighted by Crippen LogP contribution is -2.23. The maximum Gasteiger partial charge on any atom is 0.253 e. The predicted octanol–water partition coefficient (Wildman–Crippen LogP) is 1.59. The van der Waals surface area contributed by atoms with Crippen molar-refractivity contribution in [2.75, 3.05) is 5.06 Å². The number of phenolic OH excluding ortho intramolecular Hbond substituents is 1. The van der Waals surface area contributed by atoms with Crippen LogP contribution in [0.2, 0.25) is 0 Å². The van der Waals surface area contributed by atoms with Crippen molar-refractivity contribution in [3.63, 3.8) is 0 Å². The minimum absolute atomic E-state index is 0.00168. The van der Waals surface area contributed by atoms with Crippen LogP contribution in [0.5, 0.6) is 5.75 Å². The molecule has 3 rings (SSSR count). The molecule has 0 radical (unpaired) electrons. The molecule has 1 aromatic rings. The van der Waals surface area contributed by atoms with Gasteiger partial charge in [-0.05, 0) is 37.1 Å². The van der Waals surface area contributed by atoms with Crippen LogP contribution in [0.3, 0.4) is 0 Å². The lowest BCUT2D eigenvalue weighted by molar-refractivity contribution is -0.119. The summed E-state index contributed by atoms with van der Waals surface area (Å²) in [6.45, 7) is 0. The first-order valence-electron chi connectivity index (χ1n) is 5.00. The lowest BCUT2D eigenvalue weighted by Gasteiger charge is -2.15. The minimum Gasteiger partial charge on any atom is -0.508 e. The van der Waals surface area contributed by atoms with E-state index in [9.17, 15) is 4.79 Å². The van der Waals surface area contributed by atoms with Crippen LogP contribution < -0.4 is 5.06 Å². The van der Waals surface area contributed by atoms with Crippen LogP contribution in [0.15, 0.2) is 24.3 Å². The summed E-state index contributed by atoms with van der Waals surface area (Å²) in [5, 5.41) is 10.5. The van der Waals surface area contributed by atoms with E-state index in [1.54, 1.807) is 24.3 Å². The number of carbonyl (C=O) groups is 1. The fraction of sp³-hybridized carbons (Fsp3) is 0.364. The number of amides is 1. The second-order valence-corrected chi connectivity index (χ2v) is 4.16. The molecule has 1 N–H and O–H groups in total. The number of anilines is 1. The number of hydrogen-bond donors (Lipinski definition) is 1. The Labute approximate surface area is 87.0 Å². The summed E-state index contributed by atoms with van der Waals surface area (Å²) in [5.74, 6) is 0.185. The molecule has 1 saturated heterocycles. The van der Waals surface area contributed by atoms with Gasteiger partial charge in [-0.2, -0.15) is 5.06 Å². The topological polar surface area (TPSA) is 49.8 Å². The van der Waals surface area contributed by atoms with Crippen molar-refractivity contribution in [3.8, 4) is 5.75 Å². The van der Waals surface area contributed by atoms with Gasteiger partial charge in [-0.25, -0.2) is 0 Å². The van der Waals surface area contributed by atoms with Crippen LogP contribution in [-0.4, -0.2) is 16.6 Å². The minimum atomic E-state index is -0.199. The summed E-state index contributed by atoms with van der Waals surface area (Å²) in [7, 11) is 0. The van der Waals surface area contributed by atoms with E-state index in [1.807, 2.05) is 0 Å². The Balaban J connectivity index is 1.88. The van der Waals surface area contributed by atoms with E-state index in [-0.39, 0.29) is 17.3 Å². The largest absolute Gasteiger partial charge is 0.508 e. The molecule has 1 aromatic carbocycles. The van der Waals surface area contributed by atoms with Crippen molar-refractivity contribution in [1.29, 1.82) is 0 Å². The number of rotatable bonds is 1. The Morgan fingerprint density at radius 2 is 1.93 bits per heavy atom. The molecule has 15 heavy (non-hydrogen) atoms. The molecule has 0 atom stereocenters. The molecule has 1 saturated carbocycles. The maximum absolute atomic E-state index is 11.7. The third-order valence-corrected chi connectivity index (χ3v) is 2.88. The summed E-state index contributed by atoms with van der Waals surface area (Å²) in [5.41, 5.74) is 0.483. The number of phenols is 1. The van der Waals surface area contributed by atoms with E-state index in [2.05, 4.69) is 0 Å². The number of aromatic hydroxyl groups is 1. The number of benzene rings is 1. The maximum atomic E-state index is 11.7. The molecular formula is C11H11NO3. The second kappa shape index (κ2) is 2.73. The van der Waals surface area contributed by atoms with E-state index in [0.717, 1.165) is 12.8 Å². The normalized spacial score (nSPS) is 22.4. The summed E-state index contributed by atoms with van der Waals surface area (Å²) < 4.78 is 0. The van der Waals surface area contributed by atoms with Crippen molar-refractivity contribution >= 4 is 11.6 Å². The first-order valence-corrected chi connectivity index (χ1v) is 5.00. The molecule has 4 nitrogen and oxygen atoms in total. The van der Waals surface area contributed by atoms with Gasteiger partial charge in [0.05, 0.1) is 12.1 Å². The Morgan fingerprint density at radius 3 is 2.47 bits per heavy atom. The fourth-order valence-corrected chi connectivity index (χ4v) is 1.82. The van der Waals surface area contributed by atoms with Gasteiger partial charge in [0.15, 0.2) is 0 Å². The van der Waals surface area contributed by atoms with Crippen molar-refractivity contribution in [2.24, 2.45) is 0 Å². The summed E-state index contributed by atoms with van der Waals surface area (Å²) in [6, 6.07) is 6.44. The molecule has 1 heterocycles. The molecule has 0 bridgehead atoms. The van der Waals surface area contributed by atoms with Crippen LogP contribution in [0.1, 0.15) is 19.3 Å². The number of hydroxylamine groups is 1. The SMILES string of the molecule is O=C1CC2(CC2)ON1c1ccc(O)cc1. The summed E-state index contributed by atoms with van der Waals surface area (Å²) in [4.78, 5) is 17.3. The second-order valence-electron chi connectivity index (χ2n) is 4.16. The Kier molecular flexibility index (Phi) is 1.59. The zero-order valence-electron chi connectivity index (χ0n) is 8.14. The molecule has 2 aliphatic rings. The van der Waals surface area contributed by atoms with E-state index in [4.69, 9.17) is 9.94 Å². The van der Waals surface area contributed by atoms with Crippen LogP contribution in [-0.2, 0) is 9.63 Å². The average Bonchev–Trinajstić information content (AvgIpc) is 2.87. The van der Waals surface area contributed by atoms with E-state index < -0.39 is 0 Å². The van der Waals surface area contributed by atoms with Crippen molar-refractivity contribution in [3.05, 3.63) is 24.3 Å². The Hall–Kier alpha value is -1.55. The molecule has 0 unspecified atom stereocenters. The fourth-order valence-electron chi connectivity index (χ4n) is 1.82. The molecule has 78 valence electrons. The molecule has 4 heteroatoms. The first-order chi connectivity index (χ1) is 7.19. The van der Waals surface area contributed by atoms with E-state index >= 15 is 0 Å². The smallest absolute Gasteiger partial charge is 0.253 e. The highest BCUT2D eigenvalue weighted by Gasteiger charge is 2.54. The zero-order valence-corrected chi connectivity index (χ0v) is 8.14. The van der Waals surface area contributed by atoms with Gasteiger partial charge < -0.3 is 5.11 Å². The van der Waals surface area contributed by atoms with Gasteiger partial charge in [0.25, 0.3) is 5.91 Å². The third-order valence-electron chi connectivity index (χ3n) is 2.88. The summed E-state index contributed by atoms with van der Waals surface area (Å²) in [6.07, 6.45) is 2.41. The summed E-state index contributed by atoms with van der Waals surface area (Å²) >= 11 is 0. The van der Waals surface area contributed by atoms with Gasteiger partial charge in [-0.1, -0.05) is 0 Å². The van der Waals surface area contributed by atoms with Gasteiger partial charge in [-0.15, -0.1) is 0 Å². The predicted molar refractivity (Wildman–Crippen MR) is 53.3 cm³/mol. The van der Waals surface area contributed by atoms with Gasteiger partial charge in [0.1, 0.15) is 11.4 Å². The monoisotopic (exact) mass is 205 g/mol. The molecule has 1 amide bonds. The molecule has 0 aromatic heterocycles. The highest BCUT2D eigenvalue weighted by molar-refractivity contribution is 5.94. The number of hydrogen-bond acceptors (Lipinski definition) is 3. The number of carbonyl (C=O) groups excluding carboxylic acids is 1. The van der Waals surface area contributed by atoms with Crippen molar-refractivity contribution in [2.45, 2.75) is 24.9 Å². The standard InChI is InChI=1S/C11H11NO3/c13-9-3-1-8(2-4-9)12-10(14)7-11(15-12)5-6-11/h1-4,13H,5-7H2. The van der Waals surface area contributed by atoms with Crippen LogP contribution >= 0.6 is 0 Å². The first kappa shape index (κ1) is 8.73. The van der Waals surface area contributed by atoms with Crippen molar-refractivity contribution in [1.82, 2.24) is 0 Å². The molecule has 1 spiro atoms. The molecule has 1 aliphatic heterocycles. The Morgan fingerprint density at radius 1 is 1.27 bits per heavy atom.